The molecule has 0 aromatic heterocycles. The standard InChI is InChI=1S/C17H26N2O4/c1-11(20)7-8-18-9-17(5,6)10-19-16(14(4)23)15(12(2)21)13(3)22/h7-8,18,21H,9-10H2,1-6H3/b8-7?,15-12-,19-16?. The second kappa shape index (κ2) is 9.02. The van der Waals surface area contributed by atoms with E-state index in [0.717, 1.165) is 0 Å². The van der Waals surface area contributed by atoms with E-state index in [1.54, 1.807) is 6.20 Å². The van der Waals surface area contributed by atoms with E-state index in [4.69, 9.17) is 0 Å². The number of hydrogen-bond donors (Lipinski definition) is 2. The molecule has 0 aromatic carbocycles. The van der Waals surface area contributed by atoms with Crippen molar-refractivity contribution in [3.63, 3.8) is 0 Å². The van der Waals surface area contributed by atoms with Crippen molar-refractivity contribution in [2.45, 2.75) is 41.5 Å². The maximum atomic E-state index is 11.8. The van der Waals surface area contributed by atoms with Crippen LogP contribution in [0.4, 0.5) is 0 Å². The van der Waals surface area contributed by atoms with Gasteiger partial charge in [0.25, 0.3) is 0 Å². The maximum Gasteiger partial charge on any atom is 0.178 e. The molecule has 0 spiro atoms. The van der Waals surface area contributed by atoms with Crippen molar-refractivity contribution in [2.24, 2.45) is 10.4 Å². The molecule has 0 aliphatic rings. The summed E-state index contributed by atoms with van der Waals surface area (Å²) in [6.45, 7) is 10.1. The van der Waals surface area contributed by atoms with Gasteiger partial charge in [0.1, 0.15) is 11.5 Å². The number of aliphatic hydroxyl groups is 1. The molecule has 0 saturated carbocycles. The highest BCUT2D eigenvalue weighted by molar-refractivity contribution is 6.51. The molecular weight excluding hydrogens is 296 g/mol. The highest BCUT2D eigenvalue weighted by Crippen LogP contribution is 2.16. The van der Waals surface area contributed by atoms with Crippen molar-refractivity contribution < 1.29 is 19.5 Å². The van der Waals surface area contributed by atoms with Crippen LogP contribution < -0.4 is 5.32 Å². The van der Waals surface area contributed by atoms with E-state index in [-0.39, 0.29) is 40.6 Å². The Hall–Kier alpha value is -2.24. The number of Topliss-reactive ketones (excluding diaryl/α,β-unsaturated/α-hetero) is 2. The van der Waals surface area contributed by atoms with Gasteiger partial charge in [-0.25, -0.2) is 0 Å². The Bertz CT molecular complexity index is 565. The molecule has 2 N–H and O–H groups in total. The number of rotatable bonds is 9. The van der Waals surface area contributed by atoms with Gasteiger partial charge in [0, 0.05) is 25.4 Å². The molecule has 6 nitrogen and oxygen atoms in total. The van der Waals surface area contributed by atoms with E-state index in [0.29, 0.717) is 6.54 Å². The summed E-state index contributed by atoms with van der Waals surface area (Å²) in [6.07, 6.45) is 2.99. The first kappa shape index (κ1) is 20.8. The van der Waals surface area contributed by atoms with Crippen LogP contribution in [0, 0.1) is 5.41 Å². The van der Waals surface area contributed by atoms with Gasteiger partial charge in [-0.1, -0.05) is 13.8 Å². The normalized spacial score (nSPS) is 13.7. The number of allylic oxidation sites excluding steroid dienone is 3. The lowest BCUT2D eigenvalue weighted by atomic mass is 9.93. The van der Waals surface area contributed by atoms with Gasteiger partial charge >= 0.3 is 0 Å². The minimum Gasteiger partial charge on any atom is -0.512 e. The van der Waals surface area contributed by atoms with Crippen molar-refractivity contribution in [1.82, 2.24) is 5.32 Å². The van der Waals surface area contributed by atoms with E-state index in [1.807, 2.05) is 13.8 Å². The minimum atomic E-state index is -0.403. The number of hydrogen-bond acceptors (Lipinski definition) is 6. The molecular formula is C17H26N2O4. The molecule has 0 fully saturated rings. The topological polar surface area (TPSA) is 95.8 Å². The Morgan fingerprint density at radius 3 is 2.04 bits per heavy atom. The van der Waals surface area contributed by atoms with Crippen LogP contribution in [-0.4, -0.2) is 41.3 Å². The summed E-state index contributed by atoms with van der Waals surface area (Å²) in [5.41, 5.74) is -0.366. The summed E-state index contributed by atoms with van der Waals surface area (Å²) in [7, 11) is 0. The minimum absolute atomic E-state index is 0.00940. The third kappa shape index (κ3) is 8.09. The van der Waals surface area contributed by atoms with Crippen LogP contribution in [0.3, 0.4) is 0 Å². The zero-order valence-electron chi connectivity index (χ0n) is 14.7. The Balaban J connectivity index is 5.17. The number of nitrogens with zero attached hydrogens (tertiary/aromatic N) is 1. The van der Waals surface area contributed by atoms with Gasteiger partial charge in [-0.2, -0.15) is 0 Å². The Morgan fingerprint density at radius 1 is 1.09 bits per heavy atom. The Kier molecular flexibility index (Phi) is 8.15. The third-order valence-corrected chi connectivity index (χ3v) is 2.97. The summed E-state index contributed by atoms with van der Waals surface area (Å²) in [6, 6.07) is 0. The number of ketones is 3. The van der Waals surface area contributed by atoms with Crippen LogP contribution in [0.1, 0.15) is 41.5 Å². The lowest BCUT2D eigenvalue weighted by molar-refractivity contribution is -0.114. The van der Waals surface area contributed by atoms with Gasteiger partial charge in [0.15, 0.2) is 17.3 Å². The molecule has 0 aromatic rings. The number of aliphatic imine (C=N–C) groups is 1. The zero-order valence-corrected chi connectivity index (χ0v) is 14.7. The molecule has 0 amide bonds. The molecule has 6 heteroatoms. The predicted octanol–water partition coefficient (Wildman–Crippen LogP) is 2.16. The van der Waals surface area contributed by atoms with Crippen molar-refractivity contribution in [2.75, 3.05) is 13.1 Å². The second-order valence-corrected chi connectivity index (χ2v) is 6.23. The first-order valence-electron chi connectivity index (χ1n) is 7.35. The van der Waals surface area contributed by atoms with E-state index >= 15 is 0 Å². The number of carbonyl (C=O) groups excluding carboxylic acids is 3. The largest absolute Gasteiger partial charge is 0.512 e. The zero-order chi connectivity index (χ0) is 18.2. The van der Waals surface area contributed by atoms with E-state index in [1.165, 1.54) is 33.8 Å². The molecule has 128 valence electrons. The maximum absolute atomic E-state index is 11.8. The molecule has 0 radical (unpaired) electrons. The molecule has 0 rings (SSSR count). The van der Waals surface area contributed by atoms with Gasteiger partial charge < -0.3 is 10.4 Å². The number of aliphatic hydroxyl groups excluding tert-OH is 1. The molecule has 0 atom stereocenters. The molecule has 0 heterocycles. The quantitative estimate of drug-likeness (QED) is 0.385. The van der Waals surface area contributed by atoms with Gasteiger partial charge in [-0.15, -0.1) is 0 Å². The molecule has 0 unspecified atom stereocenters. The molecule has 0 bridgehead atoms. The van der Waals surface area contributed by atoms with Crippen LogP contribution >= 0.6 is 0 Å². The number of carbonyl (C=O) groups is 3. The van der Waals surface area contributed by atoms with Crippen LogP contribution in [0.25, 0.3) is 0 Å². The smallest absolute Gasteiger partial charge is 0.178 e. The lowest BCUT2D eigenvalue weighted by Gasteiger charge is -2.22. The van der Waals surface area contributed by atoms with Crippen LogP contribution in [0.5, 0.6) is 0 Å². The van der Waals surface area contributed by atoms with Crippen LogP contribution in [0.15, 0.2) is 28.6 Å². The van der Waals surface area contributed by atoms with Gasteiger partial charge in [0.05, 0.1) is 5.57 Å². The predicted molar refractivity (Wildman–Crippen MR) is 90.6 cm³/mol. The summed E-state index contributed by atoms with van der Waals surface area (Å²) < 4.78 is 0. The lowest BCUT2D eigenvalue weighted by Crippen LogP contribution is -2.30. The van der Waals surface area contributed by atoms with Gasteiger partial charge in [0.2, 0.25) is 0 Å². The Morgan fingerprint density at radius 2 is 1.65 bits per heavy atom. The van der Waals surface area contributed by atoms with Crippen molar-refractivity contribution in [3.8, 4) is 0 Å². The average Bonchev–Trinajstić information content (AvgIpc) is 2.37. The molecule has 0 aliphatic heterocycles. The molecule has 0 aliphatic carbocycles. The highest BCUT2D eigenvalue weighted by Gasteiger charge is 2.22. The number of nitrogens with one attached hydrogen (secondary N) is 1. The summed E-state index contributed by atoms with van der Waals surface area (Å²) in [5.74, 6) is -1.04. The van der Waals surface area contributed by atoms with E-state index in [2.05, 4.69) is 10.3 Å². The average molecular weight is 322 g/mol. The molecule has 0 saturated heterocycles. The fourth-order valence-electron chi connectivity index (χ4n) is 1.82. The first-order chi connectivity index (χ1) is 10.5. The van der Waals surface area contributed by atoms with Crippen molar-refractivity contribution >= 4 is 23.1 Å². The van der Waals surface area contributed by atoms with Crippen LogP contribution in [0.2, 0.25) is 0 Å². The van der Waals surface area contributed by atoms with Gasteiger partial charge in [-0.05, 0) is 33.0 Å². The highest BCUT2D eigenvalue weighted by atomic mass is 16.3. The van der Waals surface area contributed by atoms with E-state index < -0.39 is 5.78 Å². The molecule has 23 heavy (non-hydrogen) atoms. The first-order valence-corrected chi connectivity index (χ1v) is 7.35. The third-order valence-electron chi connectivity index (χ3n) is 2.97. The second-order valence-electron chi connectivity index (χ2n) is 6.23. The Labute approximate surface area is 137 Å². The van der Waals surface area contributed by atoms with Crippen LogP contribution in [-0.2, 0) is 14.4 Å². The fourth-order valence-corrected chi connectivity index (χ4v) is 1.82. The summed E-state index contributed by atoms with van der Waals surface area (Å²) >= 11 is 0. The SMILES string of the molecule is CC(=O)C=CNCC(C)(C)CN=C(C(C)=O)/C(C(C)=O)=C(/C)O. The van der Waals surface area contributed by atoms with Crippen molar-refractivity contribution in [3.05, 3.63) is 23.6 Å². The monoisotopic (exact) mass is 322 g/mol. The van der Waals surface area contributed by atoms with Gasteiger partial charge in [-0.3, -0.25) is 19.4 Å². The summed E-state index contributed by atoms with van der Waals surface area (Å²) in [5, 5.41) is 12.6. The fraction of sp³-hybridized carbons (Fsp3) is 0.529. The summed E-state index contributed by atoms with van der Waals surface area (Å²) in [4.78, 5) is 38.4. The van der Waals surface area contributed by atoms with Crippen molar-refractivity contribution in [1.29, 1.82) is 0 Å². The van der Waals surface area contributed by atoms with E-state index in [9.17, 15) is 19.5 Å².